The van der Waals surface area contributed by atoms with Crippen LogP contribution in [0.5, 0.6) is 11.5 Å². The van der Waals surface area contributed by atoms with Crippen molar-refractivity contribution in [2.75, 3.05) is 13.2 Å². The largest absolute Gasteiger partial charge is 0.490 e. The summed E-state index contributed by atoms with van der Waals surface area (Å²) < 4.78 is 11.5. The van der Waals surface area contributed by atoms with Crippen LogP contribution in [0.1, 0.15) is 58.6 Å². The molecule has 1 unspecified atom stereocenters. The number of rotatable bonds is 9. The molecule has 4 nitrogen and oxygen atoms in total. The van der Waals surface area contributed by atoms with Crippen LogP contribution in [-0.2, 0) is 4.79 Å². The zero-order valence-electron chi connectivity index (χ0n) is 13.6. The van der Waals surface area contributed by atoms with Gasteiger partial charge in [0.05, 0.1) is 19.3 Å². The Morgan fingerprint density at radius 3 is 2.29 bits per heavy atom. The first-order valence-electron chi connectivity index (χ1n) is 7.81. The molecule has 0 radical (unpaired) electrons. The molecule has 0 saturated heterocycles. The maximum atomic E-state index is 11.5. The maximum Gasteiger partial charge on any atom is 0.220 e. The van der Waals surface area contributed by atoms with Crippen LogP contribution in [0.3, 0.4) is 0 Å². The zero-order valence-corrected chi connectivity index (χ0v) is 13.6. The van der Waals surface area contributed by atoms with Crippen molar-refractivity contribution < 1.29 is 14.3 Å². The van der Waals surface area contributed by atoms with Gasteiger partial charge in [-0.25, -0.2) is 0 Å². The fraction of sp³-hybridized carbons (Fsp3) is 0.588. The summed E-state index contributed by atoms with van der Waals surface area (Å²) in [5.74, 6) is 1.56. The monoisotopic (exact) mass is 293 g/mol. The van der Waals surface area contributed by atoms with E-state index in [0.29, 0.717) is 19.6 Å². The van der Waals surface area contributed by atoms with Crippen molar-refractivity contribution in [3.05, 3.63) is 23.8 Å². The van der Waals surface area contributed by atoms with Gasteiger partial charge in [0.15, 0.2) is 11.5 Å². The summed E-state index contributed by atoms with van der Waals surface area (Å²) in [6.07, 6.45) is 2.39. The lowest BCUT2D eigenvalue weighted by Gasteiger charge is -2.17. The van der Waals surface area contributed by atoms with E-state index in [1.54, 1.807) is 0 Å². The highest BCUT2D eigenvalue weighted by Crippen LogP contribution is 2.31. The molecule has 1 atom stereocenters. The summed E-state index contributed by atoms with van der Waals surface area (Å²) in [4.78, 5) is 11.5. The highest BCUT2D eigenvalue weighted by molar-refractivity contribution is 5.76. The molecule has 1 N–H and O–H groups in total. The SMILES string of the molecule is CCCOc1ccc(C(C)NC(=O)CC)cc1OCCC. The topological polar surface area (TPSA) is 47.6 Å². The lowest BCUT2D eigenvalue weighted by atomic mass is 10.1. The number of ether oxygens (including phenoxy) is 2. The predicted molar refractivity (Wildman–Crippen MR) is 84.9 cm³/mol. The molecular formula is C17H27NO3. The van der Waals surface area contributed by atoms with E-state index in [-0.39, 0.29) is 11.9 Å². The molecule has 0 aliphatic carbocycles. The van der Waals surface area contributed by atoms with Gasteiger partial charge in [-0.3, -0.25) is 4.79 Å². The molecule has 21 heavy (non-hydrogen) atoms. The van der Waals surface area contributed by atoms with E-state index in [9.17, 15) is 4.79 Å². The summed E-state index contributed by atoms with van der Waals surface area (Å²) >= 11 is 0. The van der Waals surface area contributed by atoms with E-state index < -0.39 is 0 Å². The third-order valence-corrected chi connectivity index (χ3v) is 3.09. The van der Waals surface area contributed by atoms with E-state index in [1.165, 1.54) is 0 Å². The molecule has 0 aromatic heterocycles. The van der Waals surface area contributed by atoms with Gasteiger partial charge in [-0.2, -0.15) is 0 Å². The van der Waals surface area contributed by atoms with Crippen LogP contribution >= 0.6 is 0 Å². The van der Waals surface area contributed by atoms with Crippen molar-refractivity contribution in [1.29, 1.82) is 0 Å². The van der Waals surface area contributed by atoms with Crippen LogP contribution in [0.2, 0.25) is 0 Å². The quantitative estimate of drug-likeness (QED) is 0.752. The molecule has 0 heterocycles. The summed E-state index contributed by atoms with van der Waals surface area (Å²) in [5, 5.41) is 2.96. The molecule has 1 rings (SSSR count). The molecule has 1 aromatic rings. The van der Waals surface area contributed by atoms with Crippen LogP contribution < -0.4 is 14.8 Å². The molecule has 0 aliphatic rings. The summed E-state index contributed by atoms with van der Waals surface area (Å²) in [7, 11) is 0. The van der Waals surface area contributed by atoms with Crippen LogP contribution in [0.15, 0.2) is 18.2 Å². The molecule has 0 aliphatic heterocycles. The van der Waals surface area contributed by atoms with Crippen LogP contribution in [-0.4, -0.2) is 19.1 Å². The number of carbonyl (C=O) groups excluding carboxylic acids is 1. The van der Waals surface area contributed by atoms with E-state index in [4.69, 9.17) is 9.47 Å². The summed E-state index contributed by atoms with van der Waals surface area (Å²) in [5.41, 5.74) is 1.02. The second-order valence-electron chi connectivity index (χ2n) is 5.05. The number of hydrogen-bond acceptors (Lipinski definition) is 3. The third kappa shape index (κ3) is 5.66. The van der Waals surface area contributed by atoms with E-state index >= 15 is 0 Å². The molecule has 0 spiro atoms. The molecule has 1 amide bonds. The molecular weight excluding hydrogens is 266 g/mol. The fourth-order valence-corrected chi connectivity index (χ4v) is 1.88. The van der Waals surface area contributed by atoms with Crippen molar-refractivity contribution >= 4 is 5.91 Å². The van der Waals surface area contributed by atoms with Gasteiger partial charge in [0.2, 0.25) is 5.91 Å². The summed E-state index contributed by atoms with van der Waals surface area (Å²) in [6, 6.07) is 5.82. The van der Waals surface area contributed by atoms with Crippen molar-refractivity contribution in [1.82, 2.24) is 5.32 Å². The maximum absolute atomic E-state index is 11.5. The third-order valence-electron chi connectivity index (χ3n) is 3.09. The van der Waals surface area contributed by atoms with E-state index in [1.807, 2.05) is 32.0 Å². The fourth-order valence-electron chi connectivity index (χ4n) is 1.88. The molecule has 0 saturated carbocycles. The molecule has 1 aromatic carbocycles. The molecule has 0 bridgehead atoms. The minimum atomic E-state index is -0.0401. The van der Waals surface area contributed by atoms with Gasteiger partial charge in [0.1, 0.15) is 0 Å². The predicted octanol–water partition coefficient (Wildman–Crippen LogP) is 3.85. The second kappa shape index (κ2) is 9.27. The second-order valence-corrected chi connectivity index (χ2v) is 5.05. The van der Waals surface area contributed by atoms with Gasteiger partial charge in [-0.1, -0.05) is 26.8 Å². The standard InChI is InChI=1S/C17H27NO3/c1-5-10-20-15-9-8-14(12-16(15)21-11-6-2)13(4)18-17(19)7-3/h8-9,12-13H,5-7,10-11H2,1-4H3,(H,18,19). The van der Waals surface area contributed by atoms with E-state index in [2.05, 4.69) is 19.2 Å². The van der Waals surface area contributed by atoms with Crippen molar-refractivity contribution in [2.24, 2.45) is 0 Å². The van der Waals surface area contributed by atoms with E-state index in [0.717, 1.165) is 29.9 Å². The number of nitrogens with one attached hydrogen (secondary N) is 1. The Labute approximate surface area is 127 Å². The van der Waals surface area contributed by atoms with Crippen molar-refractivity contribution in [3.8, 4) is 11.5 Å². The number of benzene rings is 1. The first kappa shape index (κ1) is 17.3. The highest BCUT2D eigenvalue weighted by Gasteiger charge is 2.12. The van der Waals surface area contributed by atoms with Crippen molar-refractivity contribution in [3.63, 3.8) is 0 Å². The lowest BCUT2D eigenvalue weighted by molar-refractivity contribution is -0.121. The minimum absolute atomic E-state index is 0.0401. The Morgan fingerprint density at radius 1 is 1.10 bits per heavy atom. The Kier molecular flexibility index (Phi) is 7.65. The van der Waals surface area contributed by atoms with Gasteiger partial charge < -0.3 is 14.8 Å². The Balaban J connectivity index is 2.88. The summed E-state index contributed by atoms with van der Waals surface area (Å²) in [6.45, 7) is 9.29. The Hall–Kier alpha value is -1.71. The Bertz CT molecular complexity index is 446. The average Bonchev–Trinajstić information content (AvgIpc) is 2.50. The number of amides is 1. The molecule has 4 heteroatoms. The van der Waals surface area contributed by atoms with Gasteiger partial charge in [-0.15, -0.1) is 0 Å². The average molecular weight is 293 g/mol. The first-order valence-corrected chi connectivity index (χ1v) is 7.81. The number of hydrogen-bond donors (Lipinski definition) is 1. The van der Waals surface area contributed by atoms with Crippen LogP contribution in [0.4, 0.5) is 0 Å². The molecule has 0 fully saturated rings. The minimum Gasteiger partial charge on any atom is -0.490 e. The zero-order chi connectivity index (χ0) is 15.7. The van der Waals surface area contributed by atoms with Gasteiger partial charge in [0.25, 0.3) is 0 Å². The smallest absolute Gasteiger partial charge is 0.220 e. The van der Waals surface area contributed by atoms with Crippen molar-refractivity contribution in [2.45, 2.75) is 53.0 Å². The van der Waals surface area contributed by atoms with Gasteiger partial charge in [-0.05, 0) is 37.5 Å². The van der Waals surface area contributed by atoms with Crippen LogP contribution in [0, 0.1) is 0 Å². The van der Waals surface area contributed by atoms with Gasteiger partial charge >= 0.3 is 0 Å². The lowest BCUT2D eigenvalue weighted by Crippen LogP contribution is -2.25. The first-order chi connectivity index (χ1) is 10.1. The molecule has 118 valence electrons. The Morgan fingerprint density at radius 2 is 1.71 bits per heavy atom. The van der Waals surface area contributed by atoms with Gasteiger partial charge in [0, 0.05) is 6.42 Å². The normalized spacial score (nSPS) is 11.8. The van der Waals surface area contributed by atoms with Crippen LogP contribution in [0.25, 0.3) is 0 Å². The number of carbonyl (C=O) groups is 1. The highest BCUT2D eigenvalue weighted by atomic mass is 16.5.